The Morgan fingerprint density at radius 1 is 0.840 bits per heavy atom. The second-order valence-electron chi connectivity index (χ2n) is 5.85. The van der Waals surface area contributed by atoms with Crippen LogP contribution in [-0.4, -0.2) is 14.5 Å². The van der Waals surface area contributed by atoms with E-state index in [1.807, 2.05) is 36.4 Å². The fraction of sp³-hybridized carbons (Fsp3) is 0.182. The van der Waals surface area contributed by atoms with Crippen molar-refractivity contribution in [1.82, 2.24) is 0 Å². The molecule has 0 aliphatic carbocycles. The molecule has 1 heterocycles. The molecule has 0 fully saturated rings. The second kappa shape index (κ2) is 7.95. The van der Waals surface area contributed by atoms with E-state index in [9.17, 15) is 8.78 Å². The van der Waals surface area contributed by atoms with Gasteiger partial charge in [-0.15, -0.1) is 0 Å². The van der Waals surface area contributed by atoms with E-state index >= 15 is 0 Å². The first-order chi connectivity index (χ1) is 12.1. The molecule has 3 aromatic rings. The Bertz CT molecular complexity index is 889. The molecule has 0 saturated heterocycles. The summed E-state index contributed by atoms with van der Waals surface area (Å²) >= 11 is 0.0171. The fourth-order valence-electron chi connectivity index (χ4n) is 2.70. The Morgan fingerprint density at radius 2 is 1.52 bits per heavy atom. The molecule has 128 valence electrons. The molecule has 0 radical (unpaired) electrons. The summed E-state index contributed by atoms with van der Waals surface area (Å²) < 4.78 is 31.4. The van der Waals surface area contributed by atoms with E-state index in [4.69, 9.17) is 0 Å². The van der Waals surface area contributed by atoms with Crippen LogP contribution in [0, 0.1) is 11.6 Å². The molecular weight excluding hydrogens is 381 g/mol. The Morgan fingerprint density at radius 3 is 2.20 bits per heavy atom. The van der Waals surface area contributed by atoms with Crippen molar-refractivity contribution in [3.8, 4) is 21.1 Å². The van der Waals surface area contributed by atoms with Gasteiger partial charge >= 0.3 is 153 Å². The van der Waals surface area contributed by atoms with Crippen LogP contribution in [0.3, 0.4) is 0 Å². The number of aryl methyl sites for hydroxylation is 1. The number of benzene rings is 2. The van der Waals surface area contributed by atoms with Crippen molar-refractivity contribution in [3.05, 3.63) is 76.2 Å². The third-order valence-electron chi connectivity index (χ3n) is 4.17. The third-order valence-corrected chi connectivity index (χ3v) is 6.44. The van der Waals surface area contributed by atoms with Crippen LogP contribution in [0.1, 0.15) is 30.3 Å². The SMILES string of the molecule is CCC=Cc1ccc(-c2ccc(-c3ccc(CC)cc3)c(F)c2F)[se]1. The van der Waals surface area contributed by atoms with Gasteiger partial charge in [-0.2, -0.15) is 0 Å². The molecule has 0 saturated carbocycles. The van der Waals surface area contributed by atoms with Gasteiger partial charge in [-0.3, -0.25) is 0 Å². The monoisotopic (exact) mass is 402 g/mol. The standard InChI is InChI=1S/C22H20F2Se/c1-3-5-6-17-11-14-20(25-17)19-13-12-18(21(23)22(19)24)16-9-7-15(4-2)8-10-16/h5-14H,3-4H2,1-2H3. The van der Waals surface area contributed by atoms with Crippen LogP contribution in [0.15, 0.2) is 54.6 Å². The third kappa shape index (κ3) is 3.84. The zero-order valence-electron chi connectivity index (χ0n) is 14.4. The Labute approximate surface area is 153 Å². The van der Waals surface area contributed by atoms with Crippen molar-refractivity contribution in [2.45, 2.75) is 26.7 Å². The van der Waals surface area contributed by atoms with E-state index in [0.717, 1.165) is 17.3 Å². The van der Waals surface area contributed by atoms with Crippen LogP contribution in [0.2, 0.25) is 0 Å². The number of hydrogen-bond donors (Lipinski definition) is 0. The van der Waals surface area contributed by atoms with Gasteiger partial charge in [-0.25, -0.2) is 0 Å². The van der Waals surface area contributed by atoms with Crippen molar-refractivity contribution in [2.24, 2.45) is 0 Å². The van der Waals surface area contributed by atoms with Crippen molar-refractivity contribution in [2.75, 3.05) is 0 Å². The van der Waals surface area contributed by atoms with Crippen molar-refractivity contribution in [1.29, 1.82) is 0 Å². The predicted molar refractivity (Wildman–Crippen MR) is 103 cm³/mol. The molecule has 0 aliphatic rings. The average Bonchev–Trinajstić information content (AvgIpc) is 3.11. The molecule has 0 atom stereocenters. The molecule has 0 N–H and O–H groups in total. The molecule has 0 nitrogen and oxygen atoms in total. The average molecular weight is 401 g/mol. The van der Waals surface area contributed by atoms with Gasteiger partial charge in [0.15, 0.2) is 0 Å². The molecule has 2 aromatic carbocycles. The summed E-state index contributed by atoms with van der Waals surface area (Å²) in [5.74, 6) is -1.52. The minimum atomic E-state index is -0.768. The molecule has 0 spiro atoms. The second-order valence-corrected chi connectivity index (χ2v) is 8.19. The number of halogens is 2. The predicted octanol–water partition coefficient (Wildman–Crippen LogP) is 6.34. The zero-order valence-corrected chi connectivity index (χ0v) is 16.1. The van der Waals surface area contributed by atoms with Crippen LogP contribution in [0.25, 0.3) is 27.2 Å². The van der Waals surface area contributed by atoms with Gasteiger partial charge < -0.3 is 0 Å². The summed E-state index contributed by atoms with van der Waals surface area (Å²) in [6, 6.07) is 14.9. The molecule has 3 rings (SSSR count). The van der Waals surface area contributed by atoms with E-state index in [1.54, 1.807) is 12.1 Å². The van der Waals surface area contributed by atoms with Crippen molar-refractivity contribution >= 4 is 20.6 Å². The first-order valence-corrected chi connectivity index (χ1v) is 10.2. The van der Waals surface area contributed by atoms with Gasteiger partial charge in [0.25, 0.3) is 0 Å². The van der Waals surface area contributed by atoms with Gasteiger partial charge in [-0.05, 0) is 0 Å². The normalized spacial score (nSPS) is 11.4. The van der Waals surface area contributed by atoms with E-state index < -0.39 is 11.6 Å². The van der Waals surface area contributed by atoms with Gasteiger partial charge in [0.05, 0.1) is 0 Å². The maximum absolute atomic E-state index is 14.7. The van der Waals surface area contributed by atoms with Crippen molar-refractivity contribution < 1.29 is 8.78 Å². The maximum atomic E-state index is 14.7. The van der Waals surface area contributed by atoms with Gasteiger partial charge in [-0.1, -0.05) is 0 Å². The first-order valence-electron chi connectivity index (χ1n) is 8.48. The molecule has 3 heteroatoms. The van der Waals surface area contributed by atoms with E-state index in [0.29, 0.717) is 16.7 Å². The van der Waals surface area contributed by atoms with Crippen LogP contribution in [0.5, 0.6) is 0 Å². The fourth-order valence-corrected chi connectivity index (χ4v) is 4.71. The topological polar surface area (TPSA) is 0 Å². The van der Waals surface area contributed by atoms with E-state index in [2.05, 4.69) is 26.0 Å². The van der Waals surface area contributed by atoms with Crippen molar-refractivity contribution in [3.63, 3.8) is 0 Å². The molecule has 0 aliphatic heterocycles. The summed E-state index contributed by atoms with van der Waals surface area (Å²) in [5, 5.41) is 0. The Kier molecular flexibility index (Phi) is 5.67. The number of allylic oxidation sites excluding steroid dienone is 1. The molecule has 0 bridgehead atoms. The molecular formula is C22H20F2Se. The van der Waals surface area contributed by atoms with Crippen LogP contribution >= 0.6 is 0 Å². The van der Waals surface area contributed by atoms with E-state index in [-0.39, 0.29) is 14.5 Å². The zero-order chi connectivity index (χ0) is 17.8. The van der Waals surface area contributed by atoms with Crippen LogP contribution in [-0.2, 0) is 6.42 Å². The summed E-state index contributed by atoms with van der Waals surface area (Å²) in [6.07, 6.45) is 6.05. The van der Waals surface area contributed by atoms with Gasteiger partial charge in [0.1, 0.15) is 0 Å². The summed E-state index contributed by atoms with van der Waals surface area (Å²) in [7, 11) is 0. The molecule has 0 unspecified atom stereocenters. The minimum absolute atomic E-state index is 0.0171. The van der Waals surface area contributed by atoms with Crippen LogP contribution in [0.4, 0.5) is 8.78 Å². The first kappa shape index (κ1) is 17.8. The van der Waals surface area contributed by atoms with E-state index in [1.165, 1.54) is 10.0 Å². The molecule has 25 heavy (non-hydrogen) atoms. The summed E-state index contributed by atoms with van der Waals surface area (Å²) in [6.45, 7) is 4.15. The number of rotatable bonds is 5. The number of hydrogen-bond acceptors (Lipinski definition) is 0. The Balaban J connectivity index is 1.97. The quantitative estimate of drug-likeness (QED) is 0.438. The molecule has 0 amide bonds. The van der Waals surface area contributed by atoms with Gasteiger partial charge in [0, 0.05) is 0 Å². The van der Waals surface area contributed by atoms with Gasteiger partial charge in [0.2, 0.25) is 0 Å². The summed E-state index contributed by atoms with van der Waals surface area (Å²) in [4.78, 5) is 0. The van der Waals surface area contributed by atoms with Crippen LogP contribution < -0.4 is 0 Å². The molecule has 1 aromatic heterocycles. The Hall–Kier alpha value is -1.96. The summed E-state index contributed by atoms with van der Waals surface area (Å²) in [5.41, 5.74) is 2.58.